The Kier molecular flexibility index (Phi) is 8.31. The van der Waals surface area contributed by atoms with Crippen LogP contribution < -0.4 is 16.0 Å². The van der Waals surface area contributed by atoms with Gasteiger partial charge in [0.1, 0.15) is 18.0 Å². The summed E-state index contributed by atoms with van der Waals surface area (Å²) in [4.78, 5) is 35.6. The topological polar surface area (TPSA) is 96.5 Å². The van der Waals surface area contributed by atoms with E-state index in [1.54, 1.807) is 57.2 Å². The largest absolute Gasteiger partial charge is 0.444 e. The molecule has 164 valence electrons. The Balaban J connectivity index is 1.81. The van der Waals surface area contributed by atoms with Crippen molar-refractivity contribution in [3.05, 3.63) is 71.6 Å². The molecule has 0 saturated heterocycles. The first-order chi connectivity index (χ1) is 14.6. The van der Waals surface area contributed by atoms with Gasteiger partial charge in [-0.25, -0.2) is 9.18 Å². The molecule has 8 heteroatoms. The maximum Gasteiger partial charge on any atom is 0.408 e. The quantitative estimate of drug-likeness (QED) is 0.588. The van der Waals surface area contributed by atoms with Gasteiger partial charge in [-0.2, -0.15) is 0 Å². The number of alkyl carbamates (subject to hydrolysis) is 1. The van der Waals surface area contributed by atoms with Crippen LogP contribution in [0.4, 0.5) is 14.9 Å². The fraction of sp³-hybridized carbons (Fsp3) is 0.261. The summed E-state index contributed by atoms with van der Waals surface area (Å²) in [5.74, 6) is -1.12. The number of amides is 3. The van der Waals surface area contributed by atoms with Crippen molar-refractivity contribution in [3.63, 3.8) is 0 Å². The molecule has 7 nitrogen and oxygen atoms in total. The van der Waals surface area contributed by atoms with Crippen molar-refractivity contribution >= 4 is 29.7 Å². The second-order valence-electron chi connectivity index (χ2n) is 7.71. The van der Waals surface area contributed by atoms with Gasteiger partial charge in [0.05, 0.1) is 0 Å². The second kappa shape index (κ2) is 10.9. The molecule has 0 aromatic heterocycles. The molecule has 2 rings (SSSR count). The number of ether oxygens (including phenoxy) is 1. The van der Waals surface area contributed by atoms with Crippen LogP contribution in [-0.4, -0.2) is 30.1 Å². The van der Waals surface area contributed by atoms with Gasteiger partial charge >= 0.3 is 6.09 Å². The average Bonchev–Trinajstić information content (AvgIpc) is 2.68. The van der Waals surface area contributed by atoms with E-state index < -0.39 is 17.6 Å². The fourth-order valence-electron chi connectivity index (χ4n) is 2.46. The molecule has 0 aliphatic rings. The highest BCUT2D eigenvalue weighted by atomic mass is 19.1. The van der Waals surface area contributed by atoms with E-state index in [9.17, 15) is 18.8 Å². The molecule has 0 bridgehead atoms. The van der Waals surface area contributed by atoms with Gasteiger partial charge in [-0.3, -0.25) is 9.59 Å². The molecule has 0 fully saturated rings. The van der Waals surface area contributed by atoms with E-state index in [-0.39, 0.29) is 24.8 Å². The minimum Gasteiger partial charge on any atom is -0.444 e. The van der Waals surface area contributed by atoms with Gasteiger partial charge in [-0.1, -0.05) is 24.3 Å². The van der Waals surface area contributed by atoms with Crippen molar-refractivity contribution in [2.24, 2.45) is 0 Å². The van der Waals surface area contributed by atoms with Crippen LogP contribution in [0, 0.1) is 5.82 Å². The number of hydrogen-bond acceptors (Lipinski definition) is 4. The molecule has 0 unspecified atom stereocenters. The van der Waals surface area contributed by atoms with Crippen molar-refractivity contribution in [1.82, 2.24) is 10.6 Å². The maximum atomic E-state index is 13.2. The Morgan fingerprint density at radius 2 is 1.77 bits per heavy atom. The first-order valence-corrected chi connectivity index (χ1v) is 9.68. The van der Waals surface area contributed by atoms with Gasteiger partial charge in [-0.05, 0) is 62.2 Å². The highest BCUT2D eigenvalue weighted by Crippen LogP contribution is 2.11. The van der Waals surface area contributed by atoms with Gasteiger partial charge < -0.3 is 20.7 Å². The molecular formula is C23H26FN3O4. The van der Waals surface area contributed by atoms with Crippen LogP contribution in [0.15, 0.2) is 54.6 Å². The second-order valence-corrected chi connectivity index (χ2v) is 7.71. The minimum atomic E-state index is -0.676. The molecule has 0 heterocycles. The molecule has 2 aromatic rings. The van der Waals surface area contributed by atoms with E-state index in [4.69, 9.17) is 4.74 Å². The zero-order chi connectivity index (χ0) is 22.9. The molecule has 0 radical (unpaired) electrons. The van der Waals surface area contributed by atoms with Crippen LogP contribution in [0.5, 0.6) is 0 Å². The number of benzene rings is 2. The minimum absolute atomic E-state index is 0.235. The van der Waals surface area contributed by atoms with Crippen LogP contribution in [0.3, 0.4) is 0 Å². The third-order valence-electron chi connectivity index (χ3n) is 3.75. The monoisotopic (exact) mass is 427 g/mol. The lowest BCUT2D eigenvalue weighted by Crippen LogP contribution is -2.37. The zero-order valence-corrected chi connectivity index (χ0v) is 17.7. The molecule has 31 heavy (non-hydrogen) atoms. The normalized spacial score (nSPS) is 11.1. The van der Waals surface area contributed by atoms with E-state index in [0.717, 1.165) is 5.56 Å². The Labute approximate surface area is 180 Å². The SMILES string of the molecule is CC(C)(C)OC(=O)NCC(=O)Nc1cccc(CNC(=O)/C=C/c2cccc(F)c2)c1. The molecule has 0 aliphatic carbocycles. The number of hydrogen-bond donors (Lipinski definition) is 3. The number of halogens is 1. The first kappa shape index (κ1) is 23.6. The van der Waals surface area contributed by atoms with E-state index in [1.165, 1.54) is 24.3 Å². The van der Waals surface area contributed by atoms with Crippen molar-refractivity contribution in [3.8, 4) is 0 Å². The summed E-state index contributed by atoms with van der Waals surface area (Å²) in [6, 6.07) is 12.9. The molecule has 3 N–H and O–H groups in total. The van der Waals surface area contributed by atoms with Gasteiger partial charge in [0.25, 0.3) is 0 Å². The highest BCUT2D eigenvalue weighted by Gasteiger charge is 2.16. The average molecular weight is 427 g/mol. The lowest BCUT2D eigenvalue weighted by atomic mass is 10.2. The zero-order valence-electron chi connectivity index (χ0n) is 17.7. The number of carbonyl (C=O) groups is 3. The first-order valence-electron chi connectivity index (χ1n) is 9.68. The Bertz CT molecular complexity index is 967. The molecular weight excluding hydrogens is 401 g/mol. The summed E-state index contributed by atoms with van der Waals surface area (Å²) in [6.07, 6.45) is 2.17. The third kappa shape index (κ3) is 9.58. The van der Waals surface area contributed by atoms with E-state index in [0.29, 0.717) is 11.3 Å². The van der Waals surface area contributed by atoms with E-state index in [2.05, 4.69) is 16.0 Å². The summed E-state index contributed by atoms with van der Waals surface area (Å²) in [5.41, 5.74) is 1.23. The van der Waals surface area contributed by atoms with Gasteiger partial charge in [-0.15, -0.1) is 0 Å². The molecule has 0 aliphatic heterocycles. The summed E-state index contributed by atoms with van der Waals surface area (Å²) < 4.78 is 18.2. The van der Waals surface area contributed by atoms with Gasteiger partial charge in [0, 0.05) is 18.3 Å². The number of rotatable bonds is 7. The standard InChI is InChI=1S/C23H26FN3O4/c1-23(2,3)31-22(30)26-15-21(29)27-19-9-5-7-17(13-19)14-25-20(28)11-10-16-6-4-8-18(24)12-16/h4-13H,14-15H2,1-3H3,(H,25,28)(H,26,30)(H,27,29)/b11-10+. The number of nitrogens with one attached hydrogen (secondary N) is 3. The van der Waals surface area contributed by atoms with Gasteiger partial charge in [0.2, 0.25) is 11.8 Å². The van der Waals surface area contributed by atoms with Crippen molar-refractivity contribution < 1.29 is 23.5 Å². The van der Waals surface area contributed by atoms with Crippen LogP contribution in [0.25, 0.3) is 6.08 Å². The predicted molar refractivity (Wildman–Crippen MR) is 117 cm³/mol. The maximum absolute atomic E-state index is 13.2. The third-order valence-corrected chi connectivity index (χ3v) is 3.75. The highest BCUT2D eigenvalue weighted by molar-refractivity contribution is 5.94. The molecule has 2 aromatic carbocycles. The fourth-order valence-corrected chi connectivity index (χ4v) is 2.46. The Hall–Kier alpha value is -3.68. The summed E-state index contributed by atoms with van der Waals surface area (Å²) in [6.45, 7) is 5.20. The lowest BCUT2D eigenvalue weighted by Gasteiger charge is -2.19. The van der Waals surface area contributed by atoms with Crippen LogP contribution in [0.1, 0.15) is 31.9 Å². The van der Waals surface area contributed by atoms with Crippen LogP contribution >= 0.6 is 0 Å². The lowest BCUT2D eigenvalue weighted by molar-refractivity contribution is -0.117. The number of carbonyl (C=O) groups excluding carboxylic acids is 3. The van der Waals surface area contributed by atoms with Gasteiger partial charge in [0.15, 0.2) is 0 Å². The molecule has 3 amide bonds. The van der Waals surface area contributed by atoms with Crippen molar-refractivity contribution in [2.45, 2.75) is 32.9 Å². The van der Waals surface area contributed by atoms with Crippen LogP contribution in [-0.2, 0) is 20.9 Å². The van der Waals surface area contributed by atoms with Crippen molar-refractivity contribution in [2.75, 3.05) is 11.9 Å². The Morgan fingerprint density at radius 3 is 2.48 bits per heavy atom. The summed E-state index contributed by atoms with van der Waals surface area (Å²) in [5, 5.41) is 7.77. The Morgan fingerprint density at radius 1 is 1.03 bits per heavy atom. The van der Waals surface area contributed by atoms with E-state index >= 15 is 0 Å². The van der Waals surface area contributed by atoms with Crippen molar-refractivity contribution in [1.29, 1.82) is 0 Å². The molecule has 0 spiro atoms. The number of anilines is 1. The molecule has 0 saturated carbocycles. The predicted octanol–water partition coefficient (Wildman–Crippen LogP) is 3.62. The van der Waals surface area contributed by atoms with Crippen LogP contribution in [0.2, 0.25) is 0 Å². The van der Waals surface area contributed by atoms with E-state index in [1.807, 2.05) is 0 Å². The molecule has 0 atom stereocenters. The summed E-state index contributed by atoms with van der Waals surface area (Å²) >= 11 is 0. The summed E-state index contributed by atoms with van der Waals surface area (Å²) in [7, 11) is 0. The smallest absolute Gasteiger partial charge is 0.408 e.